The highest BCUT2D eigenvalue weighted by Crippen LogP contribution is 2.27. The molecular formula is C14H21ClFN. The molecule has 0 saturated carbocycles. The van der Waals surface area contributed by atoms with E-state index in [-0.39, 0.29) is 11.9 Å². The Morgan fingerprint density at radius 3 is 2.53 bits per heavy atom. The Bertz CT molecular complexity index is 352. The first-order valence-corrected chi connectivity index (χ1v) is 6.54. The molecule has 0 amide bonds. The van der Waals surface area contributed by atoms with Crippen LogP contribution in [0.4, 0.5) is 4.39 Å². The maximum atomic E-state index is 13.0. The van der Waals surface area contributed by atoms with Crippen LogP contribution in [-0.2, 0) is 0 Å². The highest BCUT2D eigenvalue weighted by atomic mass is 35.5. The zero-order chi connectivity index (χ0) is 12.8. The molecular weight excluding hydrogens is 237 g/mol. The Balaban J connectivity index is 2.66. The first-order chi connectivity index (χ1) is 8.04. The Kier molecular flexibility index (Phi) is 5.93. The van der Waals surface area contributed by atoms with Gasteiger partial charge in [-0.3, -0.25) is 0 Å². The largest absolute Gasteiger partial charge is 0.313 e. The summed E-state index contributed by atoms with van der Waals surface area (Å²) >= 11 is 6.06. The lowest BCUT2D eigenvalue weighted by Gasteiger charge is -2.18. The second-order valence-electron chi connectivity index (χ2n) is 4.83. The molecule has 0 fully saturated rings. The van der Waals surface area contributed by atoms with E-state index in [0.717, 1.165) is 24.3 Å². The number of hydrogen-bond donors (Lipinski definition) is 1. The van der Waals surface area contributed by atoms with Crippen molar-refractivity contribution < 1.29 is 4.39 Å². The van der Waals surface area contributed by atoms with Gasteiger partial charge in [-0.2, -0.15) is 0 Å². The Morgan fingerprint density at radius 2 is 2.00 bits per heavy atom. The van der Waals surface area contributed by atoms with Gasteiger partial charge >= 0.3 is 0 Å². The Hall–Kier alpha value is -0.600. The highest BCUT2D eigenvalue weighted by molar-refractivity contribution is 6.31. The molecule has 0 aromatic heterocycles. The summed E-state index contributed by atoms with van der Waals surface area (Å²) in [5, 5.41) is 3.75. The van der Waals surface area contributed by atoms with Crippen LogP contribution >= 0.6 is 11.6 Å². The monoisotopic (exact) mass is 257 g/mol. The minimum Gasteiger partial charge on any atom is -0.313 e. The summed E-state index contributed by atoms with van der Waals surface area (Å²) in [7, 11) is 1.92. The van der Waals surface area contributed by atoms with Crippen molar-refractivity contribution in [3.8, 4) is 0 Å². The molecule has 1 aromatic carbocycles. The molecule has 0 aliphatic heterocycles. The van der Waals surface area contributed by atoms with Gasteiger partial charge in [-0.25, -0.2) is 4.39 Å². The molecule has 0 spiro atoms. The highest BCUT2D eigenvalue weighted by Gasteiger charge is 2.13. The van der Waals surface area contributed by atoms with Crippen molar-refractivity contribution in [3.63, 3.8) is 0 Å². The zero-order valence-corrected chi connectivity index (χ0v) is 11.5. The van der Waals surface area contributed by atoms with E-state index in [4.69, 9.17) is 11.6 Å². The van der Waals surface area contributed by atoms with Crippen LogP contribution in [-0.4, -0.2) is 7.05 Å². The van der Waals surface area contributed by atoms with Crippen molar-refractivity contribution in [1.82, 2.24) is 5.32 Å². The number of halogens is 2. The first kappa shape index (κ1) is 14.5. The Morgan fingerprint density at radius 1 is 1.29 bits per heavy atom. The molecule has 0 radical (unpaired) electrons. The van der Waals surface area contributed by atoms with Gasteiger partial charge < -0.3 is 5.32 Å². The maximum absolute atomic E-state index is 13.0. The molecule has 0 aliphatic carbocycles. The van der Waals surface area contributed by atoms with Crippen LogP contribution in [0.1, 0.15) is 44.7 Å². The average Bonchev–Trinajstić information content (AvgIpc) is 2.25. The quantitative estimate of drug-likeness (QED) is 0.787. The van der Waals surface area contributed by atoms with Crippen molar-refractivity contribution in [2.75, 3.05) is 7.05 Å². The van der Waals surface area contributed by atoms with Gasteiger partial charge in [-0.05, 0) is 37.1 Å². The number of nitrogens with one attached hydrogen (secondary N) is 1. The lowest BCUT2D eigenvalue weighted by molar-refractivity contribution is 0.470. The normalized spacial score (nSPS) is 13.1. The average molecular weight is 258 g/mol. The first-order valence-electron chi connectivity index (χ1n) is 6.16. The summed E-state index contributed by atoms with van der Waals surface area (Å²) in [6.45, 7) is 4.44. The summed E-state index contributed by atoms with van der Waals surface area (Å²) < 4.78 is 13.0. The lowest BCUT2D eigenvalue weighted by atomic mass is 9.98. The fourth-order valence-electron chi connectivity index (χ4n) is 1.97. The molecule has 0 bridgehead atoms. The fourth-order valence-corrected chi connectivity index (χ4v) is 2.27. The topological polar surface area (TPSA) is 12.0 Å². The minimum atomic E-state index is -0.282. The predicted octanol–water partition coefficient (Wildman–Crippen LogP) is 4.57. The van der Waals surface area contributed by atoms with Gasteiger partial charge in [0, 0.05) is 11.1 Å². The predicted molar refractivity (Wildman–Crippen MR) is 71.9 cm³/mol. The SMILES string of the molecule is CNC(CCCC(C)C)c1ccc(F)cc1Cl. The third-order valence-corrected chi connectivity index (χ3v) is 3.29. The van der Waals surface area contributed by atoms with E-state index in [0.29, 0.717) is 5.02 Å². The molecule has 1 N–H and O–H groups in total. The molecule has 0 saturated heterocycles. The van der Waals surface area contributed by atoms with Gasteiger partial charge in [0.2, 0.25) is 0 Å². The molecule has 0 heterocycles. The van der Waals surface area contributed by atoms with E-state index in [9.17, 15) is 4.39 Å². The van der Waals surface area contributed by atoms with Crippen LogP contribution in [0.15, 0.2) is 18.2 Å². The Labute approximate surface area is 108 Å². The summed E-state index contributed by atoms with van der Waals surface area (Å²) in [5.74, 6) is 0.437. The van der Waals surface area contributed by atoms with Gasteiger partial charge in [-0.1, -0.05) is 44.4 Å². The number of benzene rings is 1. The van der Waals surface area contributed by atoms with Crippen LogP contribution < -0.4 is 5.32 Å². The van der Waals surface area contributed by atoms with Gasteiger partial charge in [0.05, 0.1) is 0 Å². The molecule has 1 unspecified atom stereocenters. The van der Waals surface area contributed by atoms with E-state index < -0.39 is 0 Å². The third kappa shape index (κ3) is 4.64. The fraction of sp³-hybridized carbons (Fsp3) is 0.571. The smallest absolute Gasteiger partial charge is 0.124 e. The lowest BCUT2D eigenvalue weighted by Crippen LogP contribution is -2.17. The van der Waals surface area contributed by atoms with Gasteiger partial charge in [0.1, 0.15) is 5.82 Å². The van der Waals surface area contributed by atoms with Crippen LogP contribution in [0.2, 0.25) is 5.02 Å². The van der Waals surface area contributed by atoms with Gasteiger partial charge in [0.15, 0.2) is 0 Å². The standard InChI is InChI=1S/C14H21ClFN/c1-10(2)5-4-6-14(17-3)12-8-7-11(16)9-13(12)15/h7-10,14,17H,4-6H2,1-3H3. The molecule has 1 atom stereocenters. The molecule has 0 aliphatic rings. The second kappa shape index (κ2) is 6.97. The summed E-state index contributed by atoms with van der Waals surface area (Å²) in [4.78, 5) is 0. The molecule has 3 heteroatoms. The van der Waals surface area contributed by atoms with Crippen molar-refractivity contribution in [2.45, 2.75) is 39.2 Å². The van der Waals surface area contributed by atoms with E-state index in [2.05, 4.69) is 19.2 Å². The zero-order valence-electron chi connectivity index (χ0n) is 10.8. The summed E-state index contributed by atoms with van der Waals surface area (Å²) in [6.07, 6.45) is 3.38. The second-order valence-corrected chi connectivity index (χ2v) is 5.24. The molecule has 1 aromatic rings. The third-order valence-electron chi connectivity index (χ3n) is 2.96. The van der Waals surface area contributed by atoms with E-state index in [1.54, 1.807) is 6.07 Å². The van der Waals surface area contributed by atoms with Crippen molar-refractivity contribution >= 4 is 11.6 Å². The summed E-state index contributed by atoms with van der Waals surface area (Å²) in [6, 6.07) is 4.83. The van der Waals surface area contributed by atoms with E-state index in [1.165, 1.54) is 18.6 Å². The van der Waals surface area contributed by atoms with Crippen LogP contribution in [0.5, 0.6) is 0 Å². The van der Waals surface area contributed by atoms with Crippen LogP contribution in [0.3, 0.4) is 0 Å². The molecule has 1 rings (SSSR count). The van der Waals surface area contributed by atoms with E-state index in [1.807, 2.05) is 7.05 Å². The number of rotatable bonds is 6. The molecule has 17 heavy (non-hydrogen) atoms. The van der Waals surface area contributed by atoms with E-state index >= 15 is 0 Å². The molecule has 1 nitrogen and oxygen atoms in total. The van der Waals surface area contributed by atoms with Crippen LogP contribution in [0.25, 0.3) is 0 Å². The van der Waals surface area contributed by atoms with Crippen molar-refractivity contribution in [3.05, 3.63) is 34.6 Å². The van der Waals surface area contributed by atoms with Gasteiger partial charge in [0.25, 0.3) is 0 Å². The molecule has 96 valence electrons. The minimum absolute atomic E-state index is 0.210. The van der Waals surface area contributed by atoms with Gasteiger partial charge in [-0.15, -0.1) is 0 Å². The number of hydrogen-bond acceptors (Lipinski definition) is 1. The summed E-state index contributed by atoms with van der Waals surface area (Å²) in [5.41, 5.74) is 0.985. The van der Waals surface area contributed by atoms with Crippen LogP contribution in [0, 0.1) is 11.7 Å². The van der Waals surface area contributed by atoms with Crippen molar-refractivity contribution in [1.29, 1.82) is 0 Å². The maximum Gasteiger partial charge on any atom is 0.124 e. The van der Waals surface area contributed by atoms with Crippen molar-refractivity contribution in [2.24, 2.45) is 5.92 Å².